The number of rotatable bonds is 26. The molecular formula is C29H53N3O10S. The summed E-state index contributed by atoms with van der Waals surface area (Å²) in [6, 6.07) is 0.409. The second-order valence-electron chi connectivity index (χ2n) is 11.2. The van der Waals surface area contributed by atoms with Gasteiger partial charge in [-0.3, -0.25) is 9.59 Å². The number of unbranched alkanes of at least 4 members (excludes halogenated alkanes) is 1. The molecule has 0 saturated carbocycles. The Morgan fingerprint density at radius 3 is 1.86 bits per heavy atom. The molecule has 0 aromatic heterocycles. The van der Waals surface area contributed by atoms with Crippen molar-refractivity contribution in [3.63, 3.8) is 0 Å². The number of hydrogen-bond acceptors (Lipinski definition) is 11. The van der Waals surface area contributed by atoms with Gasteiger partial charge >= 0.3 is 12.0 Å². The number of urea groups is 1. The summed E-state index contributed by atoms with van der Waals surface area (Å²) in [5.41, 5.74) is -0.476. The van der Waals surface area contributed by atoms with Gasteiger partial charge in [0.1, 0.15) is 5.60 Å². The number of amides is 3. The molecule has 14 heteroatoms. The van der Waals surface area contributed by atoms with E-state index in [0.29, 0.717) is 97.5 Å². The smallest absolute Gasteiger partial charge is 0.315 e. The molecule has 2 saturated heterocycles. The fourth-order valence-corrected chi connectivity index (χ4v) is 5.92. The third kappa shape index (κ3) is 19.3. The van der Waals surface area contributed by atoms with Gasteiger partial charge in [0.05, 0.1) is 97.8 Å². The lowest BCUT2D eigenvalue weighted by Crippen LogP contribution is -2.36. The van der Waals surface area contributed by atoms with Crippen LogP contribution in [0.2, 0.25) is 0 Å². The molecule has 0 spiro atoms. The summed E-state index contributed by atoms with van der Waals surface area (Å²) < 4.78 is 37.8. The van der Waals surface area contributed by atoms with Crippen molar-refractivity contribution in [1.82, 2.24) is 16.0 Å². The maximum atomic E-state index is 12.0. The average molecular weight is 636 g/mol. The van der Waals surface area contributed by atoms with Crippen molar-refractivity contribution < 1.29 is 47.5 Å². The first-order chi connectivity index (χ1) is 20.7. The predicted molar refractivity (Wildman–Crippen MR) is 162 cm³/mol. The van der Waals surface area contributed by atoms with Crippen molar-refractivity contribution in [1.29, 1.82) is 0 Å². The molecule has 2 rings (SSSR count). The van der Waals surface area contributed by atoms with E-state index >= 15 is 0 Å². The van der Waals surface area contributed by atoms with Crippen LogP contribution in [0.1, 0.15) is 52.9 Å². The van der Waals surface area contributed by atoms with Gasteiger partial charge in [-0.05, 0) is 33.6 Å². The minimum Gasteiger partial charge on any atom is -0.460 e. The summed E-state index contributed by atoms with van der Waals surface area (Å²) >= 11 is 1.90. The topological polar surface area (TPSA) is 152 Å². The van der Waals surface area contributed by atoms with Crippen LogP contribution in [0.4, 0.5) is 4.79 Å². The largest absolute Gasteiger partial charge is 0.460 e. The standard InChI is InChI=1S/C29H53N3O10S/c1-29(2,3)42-26(34)8-10-36-12-14-38-16-18-40-20-21-41-19-17-39-15-13-37-11-9-30-25(33)7-5-4-6-24-27-23(22-43-24)31-28(35)32-27/h23-24,27H,4-22H2,1-3H3,(H,30,33)(H2,31,32,35)/t23-,24?,27-/m1/s1. The predicted octanol–water partition coefficient (Wildman–Crippen LogP) is 1.66. The quantitative estimate of drug-likeness (QED) is 0.0723. The number of nitrogens with one attached hydrogen (secondary N) is 3. The third-order valence-corrected chi connectivity index (χ3v) is 7.89. The van der Waals surface area contributed by atoms with Crippen LogP contribution in [-0.4, -0.2) is 132 Å². The summed E-state index contributed by atoms with van der Waals surface area (Å²) in [7, 11) is 0. The number of carbonyl (C=O) groups is 3. The monoisotopic (exact) mass is 635 g/mol. The van der Waals surface area contributed by atoms with E-state index in [1.165, 1.54) is 0 Å². The van der Waals surface area contributed by atoms with Gasteiger partial charge in [0.25, 0.3) is 0 Å². The Kier molecular flexibility index (Phi) is 19.9. The molecule has 3 N–H and O–H groups in total. The van der Waals surface area contributed by atoms with Crippen LogP contribution in [0.3, 0.4) is 0 Å². The first-order valence-corrected chi connectivity index (χ1v) is 16.4. The van der Waals surface area contributed by atoms with E-state index in [0.717, 1.165) is 25.0 Å². The van der Waals surface area contributed by atoms with Crippen LogP contribution in [0.15, 0.2) is 0 Å². The van der Waals surface area contributed by atoms with Crippen molar-refractivity contribution in [3.05, 3.63) is 0 Å². The summed E-state index contributed by atoms with van der Waals surface area (Å²) in [6.45, 7) is 11.4. The number of fused-ring (bicyclic) bond motifs is 1. The van der Waals surface area contributed by atoms with E-state index in [9.17, 15) is 14.4 Å². The zero-order chi connectivity index (χ0) is 31.2. The van der Waals surface area contributed by atoms with E-state index in [1.54, 1.807) is 0 Å². The Labute approximate surface area is 260 Å². The van der Waals surface area contributed by atoms with Crippen molar-refractivity contribution in [2.75, 3.05) is 91.6 Å². The van der Waals surface area contributed by atoms with Gasteiger partial charge in [-0.1, -0.05) is 6.42 Å². The second kappa shape index (κ2) is 22.8. The number of carbonyl (C=O) groups excluding carboxylic acids is 3. The zero-order valence-corrected chi connectivity index (χ0v) is 27.0. The minimum absolute atomic E-state index is 0.0414. The molecule has 2 fully saturated rings. The molecular weight excluding hydrogens is 582 g/mol. The maximum absolute atomic E-state index is 12.0. The lowest BCUT2D eigenvalue weighted by atomic mass is 10.0. The molecule has 0 aromatic rings. The van der Waals surface area contributed by atoms with E-state index < -0.39 is 5.60 Å². The molecule has 0 aromatic carbocycles. The van der Waals surface area contributed by atoms with Crippen LogP contribution >= 0.6 is 11.8 Å². The van der Waals surface area contributed by atoms with Crippen molar-refractivity contribution in [3.8, 4) is 0 Å². The number of ether oxygens (including phenoxy) is 7. The highest BCUT2D eigenvalue weighted by Crippen LogP contribution is 2.33. The van der Waals surface area contributed by atoms with Gasteiger partial charge in [0, 0.05) is 24.0 Å². The van der Waals surface area contributed by atoms with Crippen LogP contribution in [0.25, 0.3) is 0 Å². The van der Waals surface area contributed by atoms with Crippen LogP contribution < -0.4 is 16.0 Å². The molecule has 250 valence electrons. The van der Waals surface area contributed by atoms with E-state index in [2.05, 4.69) is 16.0 Å². The van der Waals surface area contributed by atoms with Crippen molar-refractivity contribution in [2.45, 2.75) is 75.8 Å². The lowest BCUT2D eigenvalue weighted by Gasteiger charge is -2.19. The normalized spacial score (nSPS) is 19.6. The van der Waals surface area contributed by atoms with Gasteiger partial charge in [-0.25, -0.2) is 4.79 Å². The molecule has 3 atom stereocenters. The highest BCUT2D eigenvalue weighted by Gasteiger charge is 2.42. The van der Waals surface area contributed by atoms with Crippen molar-refractivity contribution in [2.24, 2.45) is 0 Å². The third-order valence-electron chi connectivity index (χ3n) is 6.38. The fourth-order valence-electron chi connectivity index (χ4n) is 4.37. The SMILES string of the molecule is CC(C)(C)OC(=O)CCOCCOCCOCCOCCOCCOCCNC(=O)CCCCC1SC[C@H]2NC(=O)N[C@@H]12. The molecule has 2 aliphatic heterocycles. The highest BCUT2D eigenvalue weighted by molar-refractivity contribution is 8.00. The molecule has 13 nitrogen and oxygen atoms in total. The molecule has 1 unspecified atom stereocenters. The van der Waals surface area contributed by atoms with Gasteiger partial charge in [0.2, 0.25) is 5.91 Å². The molecule has 2 heterocycles. The Bertz CT molecular complexity index is 786. The van der Waals surface area contributed by atoms with Crippen molar-refractivity contribution >= 4 is 29.7 Å². The van der Waals surface area contributed by atoms with Gasteiger partial charge < -0.3 is 49.1 Å². The fraction of sp³-hybridized carbons (Fsp3) is 0.897. The Morgan fingerprint density at radius 2 is 1.30 bits per heavy atom. The van der Waals surface area contributed by atoms with Gasteiger partial charge in [0.15, 0.2) is 0 Å². The summed E-state index contributed by atoms with van der Waals surface area (Å²) in [5.74, 6) is 0.733. The van der Waals surface area contributed by atoms with E-state index in [-0.39, 0.29) is 36.4 Å². The number of esters is 1. The molecule has 0 radical (unpaired) electrons. The second-order valence-corrected chi connectivity index (χ2v) is 12.5. The van der Waals surface area contributed by atoms with Gasteiger partial charge in [-0.15, -0.1) is 0 Å². The zero-order valence-electron chi connectivity index (χ0n) is 26.2. The lowest BCUT2D eigenvalue weighted by molar-refractivity contribution is -0.156. The van der Waals surface area contributed by atoms with Crippen LogP contribution in [0, 0.1) is 0 Å². The number of hydrogen-bond donors (Lipinski definition) is 3. The summed E-state index contributed by atoms with van der Waals surface area (Å²) in [5, 5.41) is 9.27. The summed E-state index contributed by atoms with van der Waals surface area (Å²) in [6.07, 6.45) is 3.56. The number of thioether (sulfide) groups is 1. The highest BCUT2D eigenvalue weighted by atomic mass is 32.2. The Balaban J connectivity index is 1.21. The Morgan fingerprint density at radius 1 is 0.767 bits per heavy atom. The molecule has 2 aliphatic rings. The maximum Gasteiger partial charge on any atom is 0.315 e. The summed E-state index contributed by atoms with van der Waals surface area (Å²) in [4.78, 5) is 35.0. The average Bonchev–Trinajstić information content (AvgIpc) is 3.50. The minimum atomic E-state index is -0.476. The van der Waals surface area contributed by atoms with Crippen LogP contribution in [0.5, 0.6) is 0 Å². The van der Waals surface area contributed by atoms with E-state index in [4.69, 9.17) is 33.2 Å². The van der Waals surface area contributed by atoms with E-state index in [1.807, 2.05) is 32.5 Å². The first kappa shape index (κ1) is 37.5. The Hall–Kier alpha value is -1.68. The molecule has 43 heavy (non-hydrogen) atoms. The van der Waals surface area contributed by atoms with Crippen LogP contribution in [-0.2, 0) is 42.7 Å². The molecule has 0 bridgehead atoms. The van der Waals surface area contributed by atoms with Gasteiger partial charge in [-0.2, -0.15) is 11.8 Å². The molecule has 3 amide bonds. The molecule has 0 aliphatic carbocycles. The first-order valence-electron chi connectivity index (χ1n) is 15.4.